The summed E-state index contributed by atoms with van der Waals surface area (Å²) in [6, 6.07) is 5.53. The Hall–Kier alpha value is -1.24. The van der Waals surface area contributed by atoms with Gasteiger partial charge in [-0.05, 0) is 25.5 Å². The number of hydrogen-bond acceptors (Lipinski definition) is 3. The fourth-order valence-corrected chi connectivity index (χ4v) is 1.99. The van der Waals surface area contributed by atoms with Gasteiger partial charge in [-0.25, -0.2) is 0 Å². The van der Waals surface area contributed by atoms with Crippen LogP contribution in [0.15, 0.2) is 18.2 Å². The molecule has 1 aromatic carbocycles. The lowest BCUT2D eigenvalue weighted by Gasteiger charge is -2.12. The fourth-order valence-electron chi connectivity index (χ4n) is 1.42. The minimum Gasteiger partial charge on any atom is -0.293 e. The zero-order valence-corrected chi connectivity index (χ0v) is 11.8. The summed E-state index contributed by atoms with van der Waals surface area (Å²) >= 11 is 0. The van der Waals surface area contributed by atoms with Crippen molar-refractivity contribution in [1.82, 2.24) is 9.03 Å². The normalized spacial score (nSPS) is 11.8. The highest BCUT2D eigenvalue weighted by molar-refractivity contribution is 7.87. The van der Waals surface area contributed by atoms with Crippen molar-refractivity contribution in [2.75, 3.05) is 20.6 Å². The summed E-state index contributed by atoms with van der Waals surface area (Å²) in [4.78, 5) is 11.9. The van der Waals surface area contributed by atoms with Crippen LogP contribution in [-0.2, 0) is 10.2 Å². The maximum absolute atomic E-state index is 11.9. The van der Waals surface area contributed by atoms with Crippen LogP contribution in [0.5, 0.6) is 0 Å². The van der Waals surface area contributed by atoms with Crippen molar-refractivity contribution in [3.8, 4) is 0 Å². The summed E-state index contributed by atoms with van der Waals surface area (Å²) in [5.41, 5.74) is 2.37. The number of carbonyl (C=O) groups is 1. The van der Waals surface area contributed by atoms with Gasteiger partial charge in [-0.1, -0.05) is 17.7 Å². The van der Waals surface area contributed by atoms with Gasteiger partial charge in [0.2, 0.25) is 0 Å². The molecule has 0 aliphatic rings. The van der Waals surface area contributed by atoms with E-state index in [0.717, 1.165) is 15.4 Å². The van der Waals surface area contributed by atoms with E-state index in [2.05, 4.69) is 4.72 Å². The van der Waals surface area contributed by atoms with E-state index in [1.807, 2.05) is 26.0 Å². The minimum absolute atomic E-state index is 0.231. The maximum atomic E-state index is 11.9. The molecule has 0 heterocycles. The Bertz CT molecular complexity index is 550. The summed E-state index contributed by atoms with van der Waals surface area (Å²) < 4.78 is 26.2. The number of aryl methyl sites for hydroxylation is 2. The molecular weight excluding hydrogens is 252 g/mol. The van der Waals surface area contributed by atoms with Gasteiger partial charge in [0, 0.05) is 19.7 Å². The van der Waals surface area contributed by atoms with E-state index in [1.54, 1.807) is 6.07 Å². The summed E-state index contributed by atoms with van der Waals surface area (Å²) in [5.74, 6) is -0.235. The second-order valence-corrected chi connectivity index (χ2v) is 6.32. The molecule has 0 saturated heterocycles. The average molecular weight is 270 g/mol. The van der Waals surface area contributed by atoms with E-state index in [0.29, 0.717) is 5.56 Å². The first-order valence-corrected chi connectivity index (χ1v) is 6.95. The molecule has 0 saturated carbocycles. The van der Waals surface area contributed by atoms with Gasteiger partial charge >= 0.3 is 0 Å². The van der Waals surface area contributed by atoms with Crippen molar-refractivity contribution in [3.05, 3.63) is 34.9 Å². The van der Waals surface area contributed by atoms with Crippen LogP contribution in [0.2, 0.25) is 0 Å². The quantitative estimate of drug-likeness (QED) is 0.808. The van der Waals surface area contributed by atoms with E-state index in [4.69, 9.17) is 0 Å². The molecule has 0 aliphatic heterocycles. The van der Waals surface area contributed by atoms with Gasteiger partial charge in [0.15, 0.2) is 5.78 Å². The molecule has 0 atom stereocenters. The van der Waals surface area contributed by atoms with Crippen LogP contribution in [0.25, 0.3) is 0 Å². The predicted octanol–water partition coefficient (Wildman–Crippen LogP) is 0.882. The zero-order valence-electron chi connectivity index (χ0n) is 11.0. The lowest BCUT2D eigenvalue weighted by atomic mass is 10.0. The van der Waals surface area contributed by atoms with Crippen LogP contribution in [0, 0.1) is 13.8 Å². The molecular formula is C12H18N2O3S. The molecule has 0 aliphatic carbocycles. The Morgan fingerprint density at radius 1 is 1.28 bits per heavy atom. The second-order valence-electron chi connectivity index (χ2n) is 4.35. The van der Waals surface area contributed by atoms with Crippen molar-refractivity contribution in [2.45, 2.75) is 13.8 Å². The van der Waals surface area contributed by atoms with Crippen molar-refractivity contribution >= 4 is 16.0 Å². The van der Waals surface area contributed by atoms with Crippen LogP contribution < -0.4 is 4.72 Å². The van der Waals surface area contributed by atoms with E-state index in [9.17, 15) is 13.2 Å². The molecule has 0 bridgehead atoms. The fraction of sp³-hybridized carbons (Fsp3) is 0.417. The van der Waals surface area contributed by atoms with Crippen LogP contribution in [-0.4, -0.2) is 39.1 Å². The van der Waals surface area contributed by atoms with Crippen LogP contribution in [0.1, 0.15) is 21.5 Å². The van der Waals surface area contributed by atoms with Gasteiger partial charge in [-0.3, -0.25) is 4.79 Å². The first kappa shape index (κ1) is 14.8. The van der Waals surface area contributed by atoms with Gasteiger partial charge in [-0.15, -0.1) is 0 Å². The largest absolute Gasteiger partial charge is 0.293 e. The molecule has 18 heavy (non-hydrogen) atoms. The highest BCUT2D eigenvalue weighted by Gasteiger charge is 2.16. The first-order valence-electron chi connectivity index (χ1n) is 5.51. The van der Waals surface area contributed by atoms with Crippen molar-refractivity contribution in [1.29, 1.82) is 0 Å². The third-order valence-electron chi connectivity index (χ3n) is 2.59. The Labute approximate surface area is 108 Å². The molecule has 6 heteroatoms. The molecule has 1 N–H and O–H groups in total. The first-order chi connectivity index (χ1) is 8.24. The van der Waals surface area contributed by atoms with Gasteiger partial charge in [0.25, 0.3) is 10.2 Å². The standard InChI is InChI=1S/C12H18N2O3S/c1-9-5-6-10(2)11(7-9)12(15)8-13-18(16,17)14(3)4/h5-7,13H,8H2,1-4H3. The van der Waals surface area contributed by atoms with Crippen molar-refractivity contribution in [3.63, 3.8) is 0 Å². The second kappa shape index (κ2) is 5.60. The molecule has 0 amide bonds. The smallest absolute Gasteiger partial charge is 0.279 e. The molecule has 100 valence electrons. The SMILES string of the molecule is Cc1ccc(C)c(C(=O)CNS(=O)(=O)N(C)C)c1. The number of hydrogen-bond donors (Lipinski definition) is 1. The number of nitrogens with zero attached hydrogens (tertiary/aromatic N) is 1. The number of rotatable bonds is 5. The molecule has 0 spiro atoms. The Balaban J connectivity index is 2.81. The molecule has 0 unspecified atom stereocenters. The molecule has 1 aromatic rings. The number of nitrogens with one attached hydrogen (secondary N) is 1. The van der Waals surface area contributed by atoms with E-state index in [-0.39, 0.29) is 12.3 Å². The lowest BCUT2D eigenvalue weighted by Crippen LogP contribution is -2.38. The van der Waals surface area contributed by atoms with Crippen LogP contribution in [0.3, 0.4) is 0 Å². The maximum Gasteiger partial charge on any atom is 0.279 e. The Morgan fingerprint density at radius 3 is 2.44 bits per heavy atom. The molecule has 5 nitrogen and oxygen atoms in total. The highest BCUT2D eigenvalue weighted by Crippen LogP contribution is 2.11. The summed E-state index contributed by atoms with van der Waals surface area (Å²) in [6.45, 7) is 3.48. The Kier molecular flexibility index (Phi) is 4.61. The minimum atomic E-state index is -3.56. The topological polar surface area (TPSA) is 66.5 Å². The van der Waals surface area contributed by atoms with E-state index in [1.165, 1.54) is 14.1 Å². The Morgan fingerprint density at radius 2 is 1.89 bits per heavy atom. The predicted molar refractivity (Wildman–Crippen MR) is 70.9 cm³/mol. The summed E-state index contributed by atoms with van der Waals surface area (Å²) in [7, 11) is -0.747. The summed E-state index contributed by atoms with van der Waals surface area (Å²) in [5, 5.41) is 0. The number of benzene rings is 1. The molecule has 0 fully saturated rings. The van der Waals surface area contributed by atoms with Gasteiger partial charge in [0.1, 0.15) is 0 Å². The number of ketones is 1. The average Bonchev–Trinajstić information content (AvgIpc) is 2.29. The van der Waals surface area contributed by atoms with Crippen LogP contribution >= 0.6 is 0 Å². The van der Waals surface area contributed by atoms with Crippen molar-refractivity contribution < 1.29 is 13.2 Å². The van der Waals surface area contributed by atoms with Crippen molar-refractivity contribution in [2.24, 2.45) is 0 Å². The monoisotopic (exact) mass is 270 g/mol. The van der Waals surface area contributed by atoms with Gasteiger partial charge in [0.05, 0.1) is 6.54 Å². The number of Topliss-reactive ketones (excluding diaryl/α,β-unsaturated/α-hetero) is 1. The van der Waals surface area contributed by atoms with Gasteiger partial charge < -0.3 is 0 Å². The molecule has 0 aromatic heterocycles. The third-order valence-corrected chi connectivity index (χ3v) is 4.06. The zero-order chi connectivity index (χ0) is 13.9. The highest BCUT2D eigenvalue weighted by atomic mass is 32.2. The third kappa shape index (κ3) is 3.63. The molecule has 0 radical (unpaired) electrons. The lowest BCUT2D eigenvalue weighted by molar-refractivity contribution is 0.0996. The van der Waals surface area contributed by atoms with E-state index >= 15 is 0 Å². The molecule has 1 rings (SSSR count). The number of carbonyl (C=O) groups excluding carboxylic acids is 1. The van der Waals surface area contributed by atoms with Crippen LogP contribution in [0.4, 0.5) is 0 Å². The van der Waals surface area contributed by atoms with E-state index < -0.39 is 10.2 Å². The summed E-state index contributed by atoms with van der Waals surface area (Å²) in [6.07, 6.45) is 0. The van der Waals surface area contributed by atoms with Gasteiger partial charge in [-0.2, -0.15) is 17.4 Å².